The number of halogens is 1. The molecule has 0 saturated heterocycles. The standard InChI is InChI=1S/C25H28N4O.ClH/c1-28(2)19-23(22-14-8-4-9-15-22)24(18-21-12-6-3-7-13-21)26-27-25(30)20-29-16-10-5-11-17-29;/h3-17,23H,18-20H2,1-2H3;1H/b26-24+;. The molecule has 1 N–H and O–H groups in total. The van der Waals surface area contributed by atoms with Crippen LogP contribution in [0.25, 0.3) is 0 Å². The number of hydrogen-bond donors (Lipinski definition) is 1. The lowest BCUT2D eigenvalue weighted by molar-refractivity contribution is -0.684. The predicted molar refractivity (Wildman–Crippen MR) is 120 cm³/mol. The third kappa shape index (κ3) is 7.96. The van der Waals surface area contributed by atoms with Crippen LogP contribution in [0, 0.1) is 0 Å². The highest BCUT2D eigenvalue weighted by molar-refractivity contribution is 5.93. The number of hydrogen-bond acceptors (Lipinski definition) is 3. The molecule has 162 valence electrons. The van der Waals surface area contributed by atoms with Crippen molar-refractivity contribution in [3.8, 4) is 0 Å². The number of hydrazone groups is 1. The summed E-state index contributed by atoms with van der Waals surface area (Å²) in [6.45, 7) is 1.03. The lowest BCUT2D eigenvalue weighted by atomic mass is 9.90. The maximum Gasteiger partial charge on any atom is 0.305 e. The maximum absolute atomic E-state index is 12.5. The zero-order chi connectivity index (χ0) is 21.2. The summed E-state index contributed by atoms with van der Waals surface area (Å²) >= 11 is 0. The Morgan fingerprint density at radius 3 is 2.13 bits per heavy atom. The van der Waals surface area contributed by atoms with E-state index in [-0.39, 0.29) is 30.8 Å². The number of likely N-dealkylation sites (N-methyl/N-ethyl adjacent to an activating group) is 1. The molecule has 0 aliphatic carbocycles. The second kappa shape index (κ2) is 12.6. The maximum atomic E-state index is 12.5. The van der Waals surface area contributed by atoms with Crippen molar-refractivity contribution in [2.24, 2.45) is 5.10 Å². The van der Waals surface area contributed by atoms with Crippen molar-refractivity contribution in [2.75, 3.05) is 20.6 Å². The highest BCUT2D eigenvalue weighted by atomic mass is 35.5. The van der Waals surface area contributed by atoms with Crippen LogP contribution >= 0.6 is 0 Å². The molecule has 1 atom stereocenters. The number of amides is 1. The molecule has 0 spiro atoms. The molecule has 0 radical (unpaired) electrons. The van der Waals surface area contributed by atoms with Crippen LogP contribution in [0.2, 0.25) is 0 Å². The van der Waals surface area contributed by atoms with Crippen LogP contribution in [0.4, 0.5) is 0 Å². The van der Waals surface area contributed by atoms with E-state index >= 15 is 0 Å². The van der Waals surface area contributed by atoms with Gasteiger partial charge in [-0.25, -0.2) is 5.43 Å². The zero-order valence-electron chi connectivity index (χ0n) is 18.0. The average Bonchev–Trinajstić information content (AvgIpc) is 2.77. The minimum Gasteiger partial charge on any atom is -1.00 e. The van der Waals surface area contributed by atoms with Gasteiger partial charge in [-0.3, -0.25) is 4.79 Å². The van der Waals surface area contributed by atoms with Gasteiger partial charge < -0.3 is 17.3 Å². The van der Waals surface area contributed by atoms with E-state index in [1.807, 2.05) is 71.6 Å². The molecule has 6 heteroatoms. The normalized spacial score (nSPS) is 12.2. The fourth-order valence-corrected chi connectivity index (χ4v) is 3.37. The van der Waals surface area contributed by atoms with Gasteiger partial charge in [0, 0.05) is 31.0 Å². The summed E-state index contributed by atoms with van der Waals surface area (Å²) in [7, 11) is 4.11. The van der Waals surface area contributed by atoms with E-state index in [1.54, 1.807) is 0 Å². The Bertz CT molecular complexity index is 947. The molecule has 3 aromatic rings. The highest BCUT2D eigenvalue weighted by Crippen LogP contribution is 2.21. The molecule has 1 unspecified atom stereocenters. The molecule has 2 aromatic carbocycles. The van der Waals surface area contributed by atoms with E-state index in [1.165, 1.54) is 11.1 Å². The van der Waals surface area contributed by atoms with Crippen molar-refractivity contribution in [1.29, 1.82) is 0 Å². The summed E-state index contributed by atoms with van der Waals surface area (Å²) in [6.07, 6.45) is 4.41. The molecule has 5 nitrogen and oxygen atoms in total. The smallest absolute Gasteiger partial charge is 0.305 e. The van der Waals surface area contributed by atoms with Crippen LogP contribution < -0.4 is 22.4 Å². The van der Waals surface area contributed by atoms with E-state index < -0.39 is 0 Å². The van der Waals surface area contributed by atoms with E-state index in [4.69, 9.17) is 0 Å². The van der Waals surface area contributed by atoms with Gasteiger partial charge >= 0.3 is 5.91 Å². The van der Waals surface area contributed by atoms with Gasteiger partial charge in [-0.05, 0) is 25.2 Å². The number of benzene rings is 2. The molecule has 0 aliphatic heterocycles. The summed E-state index contributed by atoms with van der Waals surface area (Å²) in [5.41, 5.74) is 6.08. The van der Waals surface area contributed by atoms with Gasteiger partial charge in [0.2, 0.25) is 6.54 Å². The van der Waals surface area contributed by atoms with Crippen LogP contribution in [0.15, 0.2) is 96.4 Å². The van der Waals surface area contributed by atoms with Gasteiger partial charge in [0.15, 0.2) is 12.4 Å². The molecule has 1 aromatic heterocycles. The van der Waals surface area contributed by atoms with Crippen molar-refractivity contribution < 1.29 is 21.8 Å². The van der Waals surface area contributed by atoms with Crippen LogP contribution in [0.1, 0.15) is 17.0 Å². The van der Waals surface area contributed by atoms with Gasteiger partial charge in [-0.1, -0.05) is 66.7 Å². The summed E-state index contributed by atoms with van der Waals surface area (Å²) in [6, 6.07) is 26.3. The predicted octanol–water partition coefficient (Wildman–Crippen LogP) is 0.0384. The van der Waals surface area contributed by atoms with Crippen molar-refractivity contribution in [1.82, 2.24) is 10.3 Å². The van der Waals surface area contributed by atoms with Crippen molar-refractivity contribution in [3.63, 3.8) is 0 Å². The monoisotopic (exact) mass is 436 g/mol. The minimum atomic E-state index is -0.145. The summed E-state index contributed by atoms with van der Waals surface area (Å²) < 4.78 is 1.83. The first kappa shape index (κ1) is 24.3. The first-order valence-corrected chi connectivity index (χ1v) is 10.1. The van der Waals surface area contributed by atoms with Crippen molar-refractivity contribution in [3.05, 3.63) is 102 Å². The molecule has 1 heterocycles. The third-order valence-corrected chi connectivity index (χ3v) is 4.81. The Morgan fingerprint density at radius 1 is 0.935 bits per heavy atom. The Hall–Kier alpha value is -3.02. The Morgan fingerprint density at radius 2 is 1.52 bits per heavy atom. The largest absolute Gasteiger partial charge is 1.00 e. The zero-order valence-corrected chi connectivity index (χ0v) is 18.7. The summed E-state index contributed by atoms with van der Waals surface area (Å²) in [5, 5.41) is 4.62. The molecule has 0 fully saturated rings. The Balaban J connectivity index is 0.00000341. The molecular formula is C25H29ClN4O. The van der Waals surface area contributed by atoms with Crippen LogP contribution in [0.3, 0.4) is 0 Å². The lowest BCUT2D eigenvalue weighted by Gasteiger charge is -2.23. The number of nitrogens with zero attached hydrogens (tertiary/aromatic N) is 3. The van der Waals surface area contributed by atoms with Crippen molar-refractivity contribution in [2.45, 2.75) is 18.9 Å². The summed E-state index contributed by atoms with van der Waals surface area (Å²) in [5.74, 6) is -0.0699. The average molecular weight is 437 g/mol. The van der Waals surface area contributed by atoms with Crippen LogP contribution in [-0.4, -0.2) is 37.2 Å². The second-order valence-electron chi connectivity index (χ2n) is 7.57. The number of carbonyl (C=O) groups excluding carboxylic acids is 1. The van der Waals surface area contributed by atoms with E-state index in [0.29, 0.717) is 6.42 Å². The van der Waals surface area contributed by atoms with Gasteiger partial charge in [0.05, 0.1) is 5.71 Å². The summed E-state index contributed by atoms with van der Waals surface area (Å²) in [4.78, 5) is 14.7. The Kier molecular flexibility index (Phi) is 9.88. The lowest BCUT2D eigenvalue weighted by Crippen LogP contribution is -3.00. The van der Waals surface area contributed by atoms with Gasteiger partial charge in [-0.2, -0.15) is 9.67 Å². The number of aromatic nitrogens is 1. The van der Waals surface area contributed by atoms with Gasteiger partial charge in [-0.15, -0.1) is 0 Å². The van der Waals surface area contributed by atoms with Gasteiger partial charge in [0.1, 0.15) is 0 Å². The molecule has 0 saturated carbocycles. The van der Waals surface area contributed by atoms with Crippen LogP contribution in [0.5, 0.6) is 0 Å². The fraction of sp³-hybridized carbons (Fsp3) is 0.240. The molecular weight excluding hydrogens is 408 g/mol. The fourth-order valence-electron chi connectivity index (χ4n) is 3.37. The SMILES string of the molecule is CN(C)CC(/C(Cc1ccccc1)=N/NC(=O)C[n+]1ccccc1)c1ccccc1.[Cl-]. The number of nitrogens with one attached hydrogen (secondary N) is 1. The second-order valence-corrected chi connectivity index (χ2v) is 7.57. The van der Waals surface area contributed by atoms with Crippen molar-refractivity contribution >= 4 is 11.6 Å². The topological polar surface area (TPSA) is 48.6 Å². The molecule has 1 amide bonds. The van der Waals surface area contributed by atoms with Gasteiger partial charge in [0.25, 0.3) is 0 Å². The Labute approximate surface area is 190 Å². The van der Waals surface area contributed by atoms with E-state index in [2.05, 4.69) is 53.8 Å². The first-order valence-electron chi connectivity index (χ1n) is 10.1. The minimum absolute atomic E-state index is 0. The first-order chi connectivity index (χ1) is 14.6. The molecule has 31 heavy (non-hydrogen) atoms. The molecule has 0 aliphatic rings. The number of rotatable bonds is 9. The number of carbonyl (C=O) groups is 1. The molecule has 0 bridgehead atoms. The van der Waals surface area contributed by atoms with E-state index in [0.717, 1.165) is 12.3 Å². The third-order valence-electron chi connectivity index (χ3n) is 4.81. The molecule has 3 rings (SSSR count). The van der Waals surface area contributed by atoms with E-state index in [9.17, 15) is 4.79 Å². The quantitative estimate of drug-likeness (QED) is 0.292. The van der Waals surface area contributed by atoms with Crippen LogP contribution in [-0.2, 0) is 17.8 Å². The highest BCUT2D eigenvalue weighted by Gasteiger charge is 2.21. The number of pyridine rings is 1.